The Bertz CT molecular complexity index is 135. The first kappa shape index (κ1) is 14.7. The monoisotopic (exact) mass is 229 g/mol. The number of hydrogen-bond donors (Lipinski definition) is 1. The molecule has 2 nitrogen and oxygen atoms in total. The standard InChI is InChI=1S/C6H12F3NO.Ni/c1-5(11,4-10(2)3)6(7,8)9;/h11H,4H2,1-3H3;. The number of nitrogens with zero attached hydrogens (tertiary/aromatic N) is 1. The predicted octanol–water partition coefficient (Wildman–Crippen LogP) is 0.859. The molecule has 0 spiro atoms. The molecule has 0 aliphatic carbocycles. The molecule has 6 heteroatoms. The zero-order valence-electron chi connectivity index (χ0n) is 7.05. The second-order valence-corrected chi connectivity index (χ2v) is 3.01. The smallest absolute Gasteiger partial charge is 0.380 e. The molecule has 0 heterocycles. The second kappa shape index (κ2) is 4.44. The summed E-state index contributed by atoms with van der Waals surface area (Å²) in [6, 6.07) is 0. The predicted molar refractivity (Wildman–Crippen MR) is 35.2 cm³/mol. The number of alkyl halides is 3. The maximum atomic E-state index is 11.9. The number of halogens is 3. The molecule has 0 aromatic heterocycles. The van der Waals surface area contributed by atoms with Crippen LogP contribution in [0.1, 0.15) is 6.92 Å². The molecule has 0 amide bonds. The summed E-state index contributed by atoms with van der Waals surface area (Å²) in [6.07, 6.45) is -4.56. The van der Waals surface area contributed by atoms with Crippen molar-refractivity contribution < 1.29 is 34.8 Å². The second-order valence-electron chi connectivity index (χ2n) is 3.01. The van der Waals surface area contributed by atoms with E-state index < -0.39 is 18.3 Å². The summed E-state index contributed by atoms with van der Waals surface area (Å²) < 4.78 is 35.8. The zero-order chi connectivity index (χ0) is 9.28. The van der Waals surface area contributed by atoms with Crippen molar-refractivity contribution >= 4 is 0 Å². The summed E-state index contributed by atoms with van der Waals surface area (Å²) >= 11 is 0. The SMILES string of the molecule is CN(C)CC(C)(O)C(F)(F)F.[Ni]. The van der Waals surface area contributed by atoms with E-state index in [1.165, 1.54) is 19.0 Å². The Morgan fingerprint density at radius 1 is 1.25 bits per heavy atom. The molecule has 0 fully saturated rings. The normalized spacial score (nSPS) is 17.0. The molecule has 0 aliphatic heterocycles. The quantitative estimate of drug-likeness (QED) is 0.711. The molecule has 0 aromatic carbocycles. The fourth-order valence-electron chi connectivity index (χ4n) is 0.705. The maximum Gasteiger partial charge on any atom is 0.418 e. The van der Waals surface area contributed by atoms with E-state index in [0.717, 1.165) is 6.92 Å². The first-order valence-corrected chi connectivity index (χ1v) is 3.10. The van der Waals surface area contributed by atoms with Crippen molar-refractivity contribution in [1.82, 2.24) is 4.90 Å². The number of rotatable bonds is 2. The summed E-state index contributed by atoms with van der Waals surface area (Å²) in [4.78, 5) is 1.29. The van der Waals surface area contributed by atoms with Gasteiger partial charge >= 0.3 is 6.18 Å². The average molecular weight is 230 g/mol. The molecule has 0 rings (SSSR count). The van der Waals surface area contributed by atoms with Crippen molar-refractivity contribution in [2.75, 3.05) is 20.6 Å². The van der Waals surface area contributed by atoms with Crippen molar-refractivity contribution in [2.45, 2.75) is 18.7 Å². The van der Waals surface area contributed by atoms with Gasteiger partial charge in [0.15, 0.2) is 5.60 Å². The Hall–Kier alpha value is 0.204. The summed E-state index contributed by atoms with van der Waals surface area (Å²) in [5.74, 6) is 0. The van der Waals surface area contributed by atoms with Crippen LogP contribution < -0.4 is 0 Å². The van der Waals surface area contributed by atoms with Crippen molar-refractivity contribution in [3.05, 3.63) is 0 Å². The summed E-state index contributed by atoms with van der Waals surface area (Å²) in [7, 11) is 2.94. The Morgan fingerprint density at radius 3 is 1.67 bits per heavy atom. The van der Waals surface area contributed by atoms with Crippen LogP contribution in [0.25, 0.3) is 0 Å². The van der Waals surface area contributed by atoms with E-state index in [1.54, 1.807) is 0 Å². The van der Waals surface area contributed by atoms with Crippen LogP contribution in [0.3, 0.4) is 0 Å². The summed E-state index contributed by atoms with van der Waals surface area (Å²) in [5.41, 5.74) is -2.61. The van der Waals surface area contributed by atoms with Gasteiger partial charge in [0, 0.05) is 23.0 Å². The average Bonchev–Trinajstić information content (AvgIpc) is 1.56. The van der Waals surface area contributed by atoms with Gasteiger partial charge in [0.05, 0.1) is 0 Å². The zero-order valence-corrected chi connectivity index (χ0v) is 8.04. The van der Waals surface area contributed by atoms with Crippen molar-refractivity contribution in [3.8, 4) is 0 Å². The maximum absolute atomic E-state index is 11.9. The summed E-state index contributed by atoms with van der Waals surface area (Å²) in [6.45, 7) is 0.337. The van der Waals surface area contributed by atoms with Crippen molar-refractivity contribution in [1.29, 1.82) is 0 Å². The number of aliphatic hydroxyl groups is 1. The van der Waals surface area contributed by atoms with Gasteiger partial charge < -0.3 is 10.0 Å². The first-order chi connectivity index (χ1) is 4.67. The van der Waals surface area contributed by atoms with Gasteiger partial charge in [0.2, 0.25) is 0 Å². The molecule has 0 radical (unpaired) electrons. The van der Waals surface area contributed by atoms with Gasteiger partial charge in [-0.15, -0.1) is 0 Å². The molecule has 1 atom stereocenters. The van der Waals surface area contributed by atoms with Crippen molar-refractivity contribution in [3.63, 3.8) is 0 Å². The van der Waals surface area contributed by atoms with E-state index in [9.17, 15) is 13.2 Å². The van der Waals surface area contributed by atoms with Gasteiger partial charge in [-0.25, -0.2) is 0 Å². The van der Waals surface area contributed by atoms with E-state index in [0.29, 0.717) is 0 Å². The van der Waals surface area contributed by atoms with Crippen LogP contribution in [0.4, 0.5) is 13.2 Å². The van der Waals surface area contributed by atoms with Crippen LogP contribution in [0.2, 0.25) is 0 Å². The topological polar surface area (TPSA) is 23.5 Å². The third-order valence-electron chi connectivity index (χ3n) is 1.23. The Morgan fingerprint density at radius 2 is 1.58 bits per heavy atom. The van der Waals surface area contributed by atoms with Gasteiger partial charge in [-0.2, -0.15) is 13.2 Å². The largest absolute Gasteiger partial charge is 0.418 e. The molecule has 78 valence electrons. The minimum absolute atomic E-state index is 0. The van der Waals surface area contributed by atoms with Crippen LogP contribution >= 0.6 is 0 Å². The molecule has 0 saturated heterocycles. The van der Waals surface area contributed by atoms with Crippen LogP contribution in [-0.4, -0.2) is 42.4 Å². The van der Waals surface area contributed by atoms with Gasteiger partial charge in [-0.3, -0.25) is 0 Å². The minimum atomic E-state index is -4.56. The summed E-state index contributed by atoms with van der Waals surface area (Å²) in [5, 5.41) is 8.85. The number of hydrogen-bond acceptors (Lipinski definition) is 2. The number of likely N-dealkylation sites (N-methyl/N-ethyl adjacent to an activating group) is 1. The molecule has 1 N–H and O–H groups in total. The molecule has 0 saturated carbocycles. The van der Waals surface area contributed by atoms with E-state index in [4.69, 9.17) is 5.11 Å². The Balaban J connectivity index is 0. The molecule has 1 unspecified atom stereocenters. The van der Waals surface area contributed by atoms with Gasteiger partial charge in [-0.1, -0.05) is 0 Å². The van der Waals surface area contributed by atoms with Crippen molar-refractivity contribution in [2.24, 2.45) is 0 Å². The fourth-order valence-corrected chi connectivity index (χ4v) is 0.705. The van der Waals surface area contributed by atoms with Gasteiger partial charge in [0.25, 0.3) is 0 Å². The molecular weight excluding hydrogens is 218 g/mol. The fraction of sp³-hybridized carbons (Fsp3) is 1.00. The van der Waals surface area contributed by atoms with E-state index in [-0.39, 0.29) is 16.5 Å². The van der Waals surface area contributed by atoms with E-state index in [2.05, 4.69) is 0 Å². The minimum Gasteiger partial charge on any atom is -0.380 e. The van der Waals surface area contributed by atoms with E-state index in [1.807, 2.05) is 0 Å². The van der Waals surface area contributed by atoms with Crippen LogP contribution in [-0.2, 0) is 16.5 Å². The molecule has 12 heavy (non-hydrogen) atoms. The van der Waals surface area contributed by atoms with E-state index >= 15 is 0 Å². The van der Waals surface area contributed by atoms with Crippen LogP contribution in [0, 0.1) is 0 Å². The van der Waals surface area contributed by atoms with Gasteiger partial charge in [-0.05, 0) is 21.0 Å². The molecule has 0 aliphatic rings. The van der Waals surface area contributed by atoms with Gasteiger partial charge in [0.1, 0.15) is 0 Å². The molecular formula is C6H12F3NNiO. The van der Waals surface area contributed by atoms with Crippen LogP contribution in [0.5, 0.6) is 0 Å². The van der Waals surface area contributed by atoms with Crippen LogP contribution in [0.15, 0.2) is 0 Å². The Kier molecular flexibility index (Phi) is 5.45. The third kappa shape index (κ3) is 4.28. The molecule has 0 bridgehead atoms. The Labute approximate surface area is 79.7 Å². The molecule has 0 aromatic rings. The first-order valence-electron chi connectivity index (χ1n) is 3.10. The third-order valence-corrected chi connectivity index (χ3v) is 1.23.